The molecule has 0 saturated heterocycles. The van der Waals surface area contributed by atoms with Crippen molar-refractivity contribution < 1.29 is 5.11 Å². The van der Waals surface area contributed by atoms with E-state index in [0.29, 0.717) is 12.0 Å². The van der Waals surface area contributed by atoms with Crippen molar-refractivity contribution in [3.05, 3.63) is 16.1 Å². The molecule has 3 unspecified atom stereocenters. The zero-order chi connectivity index (χ0) is 12.3. The average molecular weight is 254 g/mol. The van der Waals surface area contributed by atoms with Gasteiger partial charge in [0.25, 0.3) is 0 Å². The Labute approximate surface area is 107 Å². The van der Waals surface area contributed by atoms with Gasteiger partial charge in [-0.05, 0) is 32.6 Å². The summed E-state index contributed by atoms with van der Waals surface area (Å²) in [6, 6.07) is 0.344. The van der Waals surface area contributed by atoms with E-state index in [1.54, 1.807) is 11.3 Å². The number of aromatic nitrogens is 1. The van der Waals surface area contributed by atoms with Crippen LogP contribution in [0.15, 0.2) is 5.51 Å². The zero-order valence-electron chi connectivity index (χ0n) is 10.6. The molecule has 1 saturated carbocycles. The summed E-state index contributed by atoms with van der Waals surface area (Å²) < 4.78 is 0. The highest BCUT2D eigenvalue weighted by molar-refractivity contribution is 7.09. The number of rotatable bonds is 4. The Morgan fingerprint density at radius 3 is 2.94 bits per heavy atom. The zero-order valence-corrected chi connectivity index (χ0v) is 11.5. The fourth-order valence-electron chi connectivity index (χ4n) is 2.57. The largest absolute Gasteiger partial charge is 0.393 e. The van der Waals surface area contributed by atoms with E-state index in [1.807, 2.05) is 5.51 Å². The van der Waals surface area contributed by atoms with Crippen LogP contribution in [0, 0.1) is 12.8 Å². The van der Waals surface area contributed by atoms with Crippen molar-refractivity contribution >= 4 is 11.3 Å². The van der Waals surface area contributed by atoms with Gasteiger partial charge in [-0.3, -0.25) is 0 Å². The first-order valence-corrected chi connectivity index (χ1v) is 7.38. The molecular formula is C13H22N2OS. The standard InChI is InChI=1S/C13H22N2OS/c1-9(13-10(2)15-8-17-13)14-7-11-5-3-4-6-12(11)16/h8-9,11-12,14,16H,3-7H2,1-2H3. The Hall–Kier alpha value is -0.450. The van der Waals surface area contributed by atoms with E-state index in [-0.39, 0.29) is 6.10 Å². The molecule has 0 amide bonds. The summed E-state index contributed by atoms with van der Waals surface area (Å²) in [6.07, 6.45) is 4.47. The van der Waals surface area contributed by atoms with Crippen LogP contribution in [-0.4, -0.2) is 22.7 Å². The van der Waals surface area contributed by atoms with Gasteiger partial charge in [0.15, 0.2) is 0 Å². The molecule has 0 bridgehead atoms. The van der Waals surface area contributed by atoms with E-state index in [1.165, 1.54) is 17.7 Å². The van der Waals surface area contributed by atoms with E-state index in [2.05, 4.69) is 24.1 Å². The average Bonchev–Trinajstić information content (AvgIpc) is 2.74. The second kappa shape index (κ2) is 5.94. The van der Waals surface area contributed by atoms with Crippen molar-refractivity contribution in [2.75, 3.05) is 6.54 Å². The molecule has 1 aliphatic carbocycles. The molecule has 1 aromatic rings. The molecule has 2 rings (SSSR count). The van der Waals surface area contributed by atoms with Crippen LogP contribution in [0.2, 0.25) is 0 Å². The Morgan fingerprint density at radius 2 is 2.29 bits per heavy atom. The van der Waals surface area contributed by atoms with Crippen molar-refractivity contribution in [1.82, 2.24) is 10.3 Å². The van der Waals surface area contributed by atoms with Gasteiger partial charge in [-0.1, -0.05) is 12.8 Å². The minimum absolute atomic E-state index is 0.106. The van der Waals surface area contributed by atoms with Crippen LogP contribution in [0.1, 0.15) is 49.2 Å². The minimum Gasteiger partial charge on any atom is -0.393 e. The molecule has 0 spiro atoms. The fraction of sp³-hybridized carbons (Fsp3) is 0.769. The van der Waals surface area contributed by atoms with E-state index >= 15 is 0 Å². The first kappa shape index (κ1) is 13.0. The SMILES string of the molecule is Cc1ncsc1C(C)NCC1CCCCC1O. The molecule has 3 atom stereocenters. The molecular weight excluding hydrogens is 232 g/mol. The summed E-state index contributed by atoms with van der Waals surface area (Å²) >= 11 is 1.71. The van der Waals surface area contributed by atoms with Crippen molar-refractivity contribution in [3.63, 3.8) is 0 Å². The number of nitrogens with one attached hydrogen (secondary N) is 1. The number of thiazole rings is 1. The van der Waals surface area contributed by atoms with Crippen molar-refractivity contribution in [2.45, 2.75) is 51.7 Å². The van der Waals surface area contributed by atoms with Crippen LogP contribution < -0.4 is 5.32 Å². The monoisotopic (exact) mass is 254 g/mol. The highest BCUT2D eigenvalue weighted by Gasteiger charge is 2.23. The first-order chi connectivity index (χ1) is 8.18. The highest BCUT2D eigenvalue weighted by Crippen LogP contribution is 2.26. The maximum absolute atomic E-state index is 9.92. The molecule has 0 radical (unpaired) electrons. The van der Waals surface area contributed by atoms with Gasteiger partial charge in [0.2, 0.25) is 0 Å². The molecule has 1 fully saturated rings. The van der Waals surface area contributed by atoms with Crippen LogP contribution in [0.4, 0.5) is 0 Å². The van der Waals surface area contributed by atoms with E-state index in [9.17, 15) is 5.11 Å². The first-order valence-electron chi connectivity index (χ1n) is 6.50. The highest BCUT2D eigenvalue weighted by atomic mass is 32.1. The molecule has 3 nitrogen and oxygen atoms in total. The third kappa shape index (κ3) is 3.27. The van der Waals surface area contributed by atoms with Crippen molar-refractivity contribution in [3.8, 4) is 0 Å². The Balaban J connectivity index is 1.83. The van der Waals surface area contributed by atoms with Crippen molar-refractivity contribution in [1.29, 1.82) is 0 Å². The lowest BCUT2D eigenvalue weighted by Gasteiger charge is -2.28. The third-order valence-electron chi connectivity index (χ3n) is 3.73. The van der Waals surface area contributed by atoms with Crippen LogP contribution in [0.3, 0.4) is 0 Å². The summed E-state index contributed by atoms with van der Waals surface area (Å²) in [7, 11) is 0. The Morgan fingerprint density at radius 1 is 1.53 bits per heavy atom. The number of hydrogen-bond acceptors (Lipinski definition) is 4. The Kier molecular flexibility index (Phi) is 4.54. The lowest BCUT2D eigenvalue weighted by Crippen LogP contribution is -2.34. The molecule has 96 valence electrons. The van der Waals surface area contributed by atoms with Gasteiger partial charge in [0.05, 0.1) is 17.3 Å². The molecule has 0 aliphatic heterocycles. The molecule has 1 aromatic heterocycles. The van der Waals surface area contributed by atoms with E-state index < -0.39 is 0 Å². The topological polar surface area (TPSA) is 45.2 Å². The maximum atomic E-state index is 9.92. The number of hydrogen-bond donors (Lipinski definition) is 2. The number of aliphatic hydroxyl groups is 1. The Bertz CT molecular complexity index is 353. The fourth-order valence-corrected chi connectivity index (χ4v) is 3.41. The third-order valence-corrected chi connectivity index (χ3v) is 4.84. The molecule has 4 heteroatoms. The van der Waals surface area contributed by atoms with Gasteiger partial charge in [-0.2, -0.15) is 0 Å². The quantitative estimate of drug-likeness (QED) is 0.868. The van der Waals surface area contributed by atoms with Gasteiger partial charge in [-0.15, -0.1) is 11.3 Å². The smallest absolute Gasteiger partial charge is 0.0798 e. The van der Waals surface area contributed by atoms with Crippen LogP contribution in [0.25, 0.3) is 0 Å². The molecule has 1 heterocycles. The lowest BCUT2D eigenvalue weighted by molar-refractivity contribution is 0.0684. The summed E-state index contributed by atoms with van der Waals surface area (Å²) in [4.78, 5) is 5.59. The van der Waals surface area contributed by atoms with Crippen LogP contribution in [-0.2, 0) is 0 Å². The van der Waals surface area contributed by atoms with Gasteiger partial charge in [-0.25, -0.2) is 4.98 Å². The number of aliphatic hydroxyl groups excluding tert-OH is 1. The summed E-state index contributed by atoms with van der Waals surface area (Å²) in [5.41, 5.74) is 3.03. The second-order valence-corrected chi connectivity index (χ2v) is 5.93. The van der Waals surface area contributed by atoms with Crippen molar-refractivity contribution in [2.24, 2.45) is 5.92 Å². The summed E-state index contributed by atoms with van der Waals surface area (Å²) in [5.74, 6) is 0.430. The predicted octanol–water partition coefficient (Wildman–Crippen LogP) is 2.65. The number of aryl methyl sites for hydroxylation is 1. The van der Waals surface area contributed by atoms with Crippen LogP contribution in [0.5, 0.6) is 0 Å². The van der Waals surface area contributed by atoms with Gasteiger partial charge in [0.1, 0.15) is 0 Å². The molecule has 17 heavy (non-hydrogen) atoms. The normalized spacial score (nSPS) is 27.0. The molecule has 0 aromatic carbocycles. The maximum Gasteiger partial charge on any atom is 0.0798 e. The van der Waals surface area contributed by atoms with Gasteiger partial charge >= 0.3 is 0 Å². The molecule has 1 aliphatic rings. The summed E-state index contributed by atoms with van der Waals surface area (Å²) in [5, 5.41) is 13.5. The van der Waals surface area contributed by atoms with E-state index in [0.717, 1.165) is 25.1 Å². The van der Waals surface area contributed by atoms with Gasteiger partial charge < -0.3 is 10.4 Å². The number of nitrogens with zero attached hydrogens (tertiary/aromatic N) is 1. The minimum atomic E-state index is -0.106. The second-order valence-electron chi connectivity index (χ2n) is 5.04. The summed E-state index contributed by atoms with van der Waals surface area (Å²) in [6.45, 7) is 5.15. The van der Waals surface area contributed by atoms with Gasteiger partial charge in [0, 0.05) is 17.5 Å². The predicted molar refractivity (Wildman–Crippen MR) is 71.2 cm³/mol. The van der Waals surface area contributed by atoms with Crippen LogP contribution >= 0.6 is 11.3 Å². The molecule has 2 N–H and O–H groups in total. The lowest BCUT2D eigenvalue weighted by atomic mass is 9.86. The van der Waals surface area contributed by atoms with E-state index in [4.69, 9.17) is 0 Å².